The van der Waals surface area contributed by atoms with Crippen molar-refractivity contribution >= 4 is 10.4 Å². The summed E-state index contributed by atoms with van der Waals surface area (Å²) in [6, 6.07) is 0. The molecule has 9 heteroatoms. The molecule has 0 aromatic rings. The van der Waals surface area contributed by atoms with E-state index in [0.717, 1.165) is 6.61 Å². The SMILES string of the molecule is CCCCCC(CCC)COCCOCCOCCOS(=O)(=O)[O-].[Na+]. The van der Waals surface area contributed by atoms with Gasteiger partial charge in [0.25, 0.3) is 0 Å². The van der Waals surface area contributed by atoms with E-state index in [4.69, 9.17) is 14.2 Å². The molecule has 0 heterocycles. The zero-order valence-electron chi connectivity index (χ0n) is 16.0. The largest absolute Gasteiger partial charge is 1.00 e. The number of hydrogen-bond acceptors (Lipinski definition) is 7. The second kappa shape index (κ2) is 19.5. The third-order valence-electron chi connectivity index (χ3n) is 3.47. The van der Waals surface area contributed by atoms with Crippen LogP contribution in [0.1, 0.15) is 52.4 Å². The summed E-state index contributed by atoms with van der Waals surface area (Å²) in [6.07, 6.45) is 7.43. The molecule has 0 aromatic carbocycles. The molecular formula is C16H33NaO7S. The van der Waals surface area contributed by atoms with Gasteiger partial charge in [-0.25, -0.2) is 8.42 Å². The van der Waals surface area contributed by atoms with Crippen LogP contribution in [0.15, 0.2) is 0 Å². The van der Waals surface area contributed by atoms with Crippen LogP contribution < -0.4 is 29.6 Å². The van der Waals surface area contributed by atoms with Gasteiger partial charge < -0.3 is 18.8 Å². The standard InChI is InChI=1S/C16H34O7S.Na/c1-3-5-6-8-16(7-4-2)15-22-12-11-20-9-10-21-13-14-23-24(17,18)19;/h16H,3-15H2,1-2H3,(H,17,18,19);/q;+1/p-1. The fourth-order valence-electron chi connectivity index (χ4n) is 2.29. The molecule has 0 fully saturated rings. The quantitative estimate of drug-likeness (QED) is 0.134. The van der Waals surface area contributed by atoms with Crippen molar-refractivity contribution in [3.8, 4) is 0 Å². The van der Waals surface area contributed by atoms with Crippen LogP contribution in [0.4, 0.5) is 0 Å². The Labute approximate surface area is 175 Å². The van der Waals surface area contributed by atoms with Crippen LogP contribution >= 0.6 is 0 Å². The Bertz CT molecular complexity index is 365. The fraction of sp³-hybridized carbons (Fsp3) is 1.00. The van der Waals surface area contributed by atoms with E-state index in [9.17, 15) is 13.0 Å². The van der Waals surface area contributed by atoms with Crippen LogP contribution in [0.2, 0.25) is 0 Å². The molecular weight excluding hydrogens is 359 g/mol. The van der Waals surface area contributed by atoms with Crippen LogP contribution in [0.5, 0.6) is 0 Å². The van der Waals surface area contributed by atoms with Crippen molar-refractivity contribution in [1.82, 2.24) is 0 Å². The van der Waals surface area contributed by atoms with Gasteiger partial charge in [-0.15, -0.1) is 0 Å². The summed E-state index contributed by atoms with van der Waals surface area (Å²) < 4.78 is 50.6. The van der Waals surface area contributed by atoms with Crippen molar-refractivity contribution in [2.75, 3.05) is 46.2 Å². The molecule has 0 saturated carbocycles. The Morgan fingerprint density at radius 2 is 1.36 bits per heavy atom. The van der Waals surface area contributed by atoms with Gasteiger partial charge in [0, 0.05) is 6.61 Å². The summed E-state index contributed by atoms with van der Waals surface area (Å²) in [5.41, 5.74) is 0. The molecule has 0 saturated heterocycles. The van der Waals surface area contributed by atoms with E-state index in [2.05, 4.69) is 18.0 Å². The molecule has 1 atom stereocenters. The molecule has 0 amide bonds. The van der Waals surface area contributed by atoms with E-state index >= 15 is 0 Å². The Balaban J connectivity index is 0. The number of hydrogen-bond donors (Lipinski definition) is 0. The predicted molar refractivity (Wildman–Crippen MR) is 90.6 cm³/mol. The minimum atomic E-state index is -4.63. The van der Waals surface area contributed by atoms with Gasteiger partial charge in [-0.1, -0.05) is 39.5 Å². The first-order chi connectivity index (χ1) is 11.5. The molecule has 146 valence electrons. The molecule has 0 aliphatic heterocycles. The van der Waals surface area contributed by atoms with E-state index in [1.54, 1.807) is 0 Å². The molecule has 0 aliphatic carbocycles. The molecule has 0 bridgehead atoms. The average molecular weight is 392 g/mol. The second-order valence-corrected chi connectivity index (χ2v) is 6.73. The van der Waals surface area contributed by atoms with E-state index in [0.29, 0.717) is 32.3 Å². The van der Waals surface area contributed by atoms with Gasteiger partial charge in [-0.2, -0.15) is 0 Å². The number of unbranched alkanes of at least 4 members (excludes halogenated alkanes) is 2. The molecule has 7 nitrogen and oxygen atoms in total. The monoisotopic (exact) mass is 392 g/mol. The first-order valence-corrected chi connectivity index (χ1v) is 10.2. The second-order valence-electron chi connectivity index (χ2n) is 5.68. The molecule has 0 aliphatic rings. The molecule has 25 heavy (non-hydrogen) atoms. The van der Waals surface area contributed by atoms with Crippen molar-refractivity contribution in [3.63, 3.8) is 0 Å². The first-order valence-electron chi connectivity index (χ1n) is 8.83. The van der Waals surface area contributed by atoms with Crippen LogP contribution in [0.25, 0.3) is 0 Å². The summed E-state index contributed by atoms with van der Waals surface area (Å²) in [7, 11) is -4.63. The summed E-state index contributed by atoms with van der Waals surface area (Å²) in [5.74, 6) is 0.641. The van der Waals surface area contributed by atoms with Gasteiger partial charge in [-0.05, 0) is 18.8 Å². The minimum Gasteiger partial charge on any atom is -0.726 e. The first kappa shape index (κ1) is 28.0. The molecule has 0 aromatic heterocycles. The normalized spacial score (nSPS) is 12.8. The van der Waals surface area contributed by atoms with Crippen LogP contribution in [-0.4, -0.2) is 59.2 Å². The third-order valence-corrected chi connectivity index (χ3v) is 3.92. The summed E-state index contributed by atoms with van der Waals surface area (Å²) >= 11 is 0. The van der Waals surface area contributed by atoms with Gasteiger partial charge in [0.1, 0.15) is 0 Å². The van der Waals surface area contributed by atoms with Gasteiger partial charge in [0.15, 0.2) is 0 Å². The average Bonchev–Trinajstić information content (AvgIpc) is 2.51. The van der Waals surface area contributed by atoms with E-state index in [1.165, 1.54) is 38.5 Å². The van der Waals surface area contributed by atoms with Gasteiger partial charge >= 0.3 is 29.6 Å². The Kier molecular flexibility index (Phi) is 21.8. The molecule has 0 radical (unpaired) electrons. The van der Waals surface area contributed by atoms with Crippen molar-refractivity contribution < 1.29 is 60.9 Å². The fourth-order valence-corrected chi connectivity index (χ4v) is 2.56. The summed E-state index contributed by atoms with van der Waals surface area (Å²) in [4.78, 5) is 0. The molecule has 0 spiro atoms. The Morgan fingerprint density at radius 3 is 1.88 bits per heavy atom. The van der Waals surface area contributed by atoms with Crippen molar-refractivity contribution in [2.45, 2.75) is 52.4 Å². The van der Waals surface area contributed by atoms with E-state index < -0.39 is 10.4 Å². The maximum atomic E-state index is 10.2. The van der Waals surface area contributed by atoms with Crippen LogP contribution in [0, 0.1) is 5.92 Å². The third kappa shape index (κ3) is 22.7. The minimum absolute atomic E-state index is 0. The summed E-state index contributed by atoms with van der Waals surface area (Å²) in [6.45, 7) is 6.74. The number of ether oxygens (including phenoxy) is 3. The van der Waals surface area contributed by atoms with Crippen molar-refractivity contribution in [3.05, 3.63) is 0 Å². The predicted octanol–water partition coefficient (Wildman–Crippen LogP) is -0.486. The summed E-state index contributed by atoms with van der Waals surface area (Å²) in [5, 5.41) is 0. The van der Waals surface area contributed by atoms with E-state index in [-0.39, 0.29) is 42.8 Å². The molecule has 0 N–H and O–H groups in total. The van der Waals surface area contributed by atoms with Crippen LogP contribution in [-0.2, 0) is 28.8 Å². The maximum Gasteiger partial charge on any atom is 1.00 e. The van der Waals surface area contributed by atoms with Gasteiger partial charge in [0.05, 0.1) is 39.6 Å². The van der Waals surface area contributed by atoms with Gasteiger partial charge in [0.2, 0.25) is 10.4 Å². The topological polar surface area (TPSA) is 94.1 Å². The number of rotatable bonds is 18. The van der Waals surface area contributed by atoms with Crippen molar-refractivity contribution in [1.29, 1.82) is 0 Å². The zero-order chi connectivity index (χ0) is 18.1. The Morgan fingerprint density at radius 1 is 0.800 bits per heavy atom. The van der Waals surface area contributed by atoms with Gasteiger partial charge in [-0.3, -0.25) is 4.18 Å². The van der Waals surface area contributed by atoms with E-state index in [1.807, 2.05) is 0 Å². The van der Waals surface area contributed by atoms with Crippen molar-refractivity contribution in [2.24, 2.45) is 5.92 Å². The Hall–Kier alpha value is 0.750. The smallest absolute Gasteiger partial charge is 0.726 e. The molecule has 0 rings (SSSR count). The maximum absolute atomic E-state index is 10.2. The zero-order valence-corrected chi connectivity index (χ0v) is 18.9. The molecule has 1 unspecified atom stereocenters. The van der Waals surface area contributed by atoms with Crippen LogP contribution in [0.3, 0.4) is 0 Å².